The quantitative estimate of drug-likeness (QED) is 0.333. The lowest BCUT2D eigenvalue weighted by atomic mass is 9.83. The number of nitrogens with zero attached hydrogens (tertiary/aromatic N) is 3. The molecule has 3 atom stereocenters. The molecule has 0 N–H and O–H groups in total. The Bertz CT molecular complexity index is 1550. The van der Waals surface area contributed by atoms with Crippen molar-refractivity contribution < 1.29 is 19.1 Å². The van der Waals surface area contributed by atoms with Crippen LogP contribution in [0.5, 0.6) is 11.5 Å². The van der Waals surface area contributed by atoms with Crippen molar-refractivity contribution in [2.75, 3.05) is 33.0 Å². The van der Waals surface area contributed by atoms with E-state index >= 15 is 0 Å². The molecule has 3 aliphatic heterocycles. The second-order valence-electron chi connectivity index (χ2n) is 12.4. The predicted octanol–water partition coefficient (Wildman–Crippen LogP) is 5.72. The Kier molecular flexibility index (Phi) is 8.37. The number of hydrogen-bond donors (Lipinski definition) is 0. The summed E-state index contributed by atoms with van der Waals surface area (Å²) in [6, 6.07) is 24.7. The molecule has 4 aliphatic rings. The molecule has 2 saturated heterocycles. The number of aryl methyl sites for hydroxylation is 1. The van der Waals surface area contributed by atoms with Crippen LogP contribution in [-0.2, 0) is 22.7 Å². The molecule has 2 amide bonds. The number of thioether (sulfide) groups is 1. The average Bonchev–Trinajstić information content (AvgIpc) is 3.52. The highest BCUT2D eigenvalue weighted by Gasteiger charge is 2.45. The van der Waals surface area contributed by atoms with Gasteiger partial charge in [0.25, 0.3) is 5.91 Å². The second kappa shape index (κ2) is 12.7. The smallest absolute Gasteiger partial charge is 0.260 e. The molecule has 3 unspecified atom stereocenters. The van der Waals surface area contributed by atoms with Crippen LogP contribution < -0.4 is 9.47 Å². The molecule has 0 spiro atoms. The summed E-state index contributed by atoms with van der Waals surface area (Å²) in [4.78, 5) is 35.2. The average molecular weight is 610 g/mol. The predicted molar refractivity (Wildman–Crippen MR) is 173 cm³/mol. The number of piperazine rings is 1. The maximum absolute atomic E-state index is 14.0. The third kappa shape index (κ3) is 6.24. The van der Waals surface area contributed by atoms with Gasteiger partial charge < -0.3 is 19.3 Å². The zero-order valence-corrected chi connectivity index (χ0v) is 26.0. The van der Waals surface area contributed by atoms with Gasteiger partial charge in [-0.15, -0.1) is 11.8 Å². The van der Waals surface area contributed by atoms with Crippen molar-refractivity contribution in [2.24, 2.45) is 5.92 Å². The molecule has 44 heavy (non-hydrogen) atoms. The van der Waals surface area contributed by atoms with E-state index in [1.807, 2.05) is 42.5 Å². The summed E-state index contributed by atoms with van der Waals surface area (Å²) in [5.41, 5.74) is 4.56. The summed E-state index contributed by atoms with van der Waals surface area (Å²) < 4.78 is 11.0. The number of benzene rings is 3. The van der Waals surface area contributed by atoms with E-state index in [4.69, 9.17) is 9.47 Å². The summed E-state index contributed by atoms with van der Waals surface area (Å²) in [6.07, 6.45) is 4.56. The highest BCUT2D eigenvalue weighted by atomic mass is 32.2. The second-order valence-corrected chi connectivity index (χ2v) is 13.6. The van der Waals surface area contributed by atoms with Crippen molar-refractivity contribution in [2.45, 2.75) is 50.6 Å². The van der Waals surface area contributed by atoms with Crippen molar-refractivity contribution in [3.63, 3.8) is 0 Å². The Morgan fingerprint density at radius 3 is 2.50 bits per heavy atom. The van der Waals surface area contributed by atoms with Crippen molar-refractivity contribution >= 4 is 29.7 Å². The van der Waals surface area contributed by atoms with Gasteiger partial charge in [0, 0.05) is 56.5 Å². The Balaban J connectivity index is 1.02. The summed E-state index contributed by atoms with van der Waals surface area (Å²) in [7, 11) is 0. The van der Waals surface area contributed by atoms with Gasteiger partial charge in [-0.1, -0.05) is 66.2 Å². The number of ether oxygens (including phenoxy) is 2. The maximum atomic E-state index is 14.0. The first-order valence-corrected chi connectivity index (χ1v) is 16.6. The van der Waals surface area contributed by atoms with Crippen LogP contribution in [0.2, 0.25) is 0 Å². The lowest BCUT2D eigenvalue weighted by molar-refractivity contribution is -0.141. The molecule has 0 aromatic heterocycles. The SMILES string of the molecule is Cc1cccc(CN2C(=O)/C(=C/c3ccccc3)SC3CCC(C(=O)N4CCN(Cc5ccc6c(c5)OCO6)CC4)CC32)c1. The molecule has 8 heteroatoms. The first kappa shape index (κ1) is 29.0. The van der Waals surface area contributed by atoms with Gasteiger partial charge in [0.2, 0.25) is 12.7 Å². The Hall–Kier alpha value is -3.75. The van der Waals surface area contributed by atoms with Crippen molar-refractivity contribution in [3.05, 3.63) is 100.0 Å². The van der Waals surface area contributed by atoms with Crippen molar-refractivity contribution in [1.82, 2.24) is 14.7 Å². The maximum Gasteiger partial charge on any atom is 0.260 e. The lowest BCUT2D eigenvalue weighted by Crippen LogP contribution is -2.55. The van der Waals surface area contributed by atoms with Crippen LogP contribution in [0.15, 0.2) is 77.7 Å². The number of carbonyl (C=O) groups excluding carboxylic acids is 2. The first-order valence-electron chi connectivity index (χ1n) is 15.7. The Labute approximate surface area is 263 Å². The molecular formula is C36H39N3O4S. The first-order chi connectivity index (χ1) is 21.5. The Morgan fingerprint density at radius 2 is 1.68 bits per heavy atom. The molecule has 0 bridgehead atoms. The van der Waals surface area contributed by atoms with Gasteiger partial charge in [-0.05, 0) is 61.1 Å². The molecule has 0 radical (unpaired) electrons. The van der Waals surface area contributed by atoms with Gasteiger partial charge in [-0.25, -0.2) is 0 Å². The van der Waals surface area contributed by atoms with E-state index in [2.05, 4.69) is 58.0 Å². The van der Waals surface area contributed by atoms with Crippen LogP contribution in [0.3, 0.4) is 0 Å². The van der Waals surface area contributed by atoms with E-state index in [9.17, 15) is 9.59 Å². The van der Waals surface area contributed by atoms with Gasteiger partial charge in [-0.3, -0.25) is 14.5 Å². The van der Waals surface area contributed by atoms with Crippen LogP contribution in [0.1, 0.15) is 41.5 Å². The van der Waals surface area contributed by atoms with Crippen LogP contribution in [0, 0.1) is 12.8 Å². The molecule has 1 aliphatic carbocycles. The molecule has 3 fully saturated rings. The normalized spacial score (nSPS) is 24.4. The van der Waals surface area contributed by atoms with Gasteiger partial charge in [0.1, 0.15) is 0 Å². The standard InChI is InChI=1S/C36H39N3O4S/c1-25-6-5-9-27(18-25)23-39-30-21-29(11-13-33(30)44-34(36(39)41)20-26-7-3-2-4-8-26)35(40)38-16-14-37(15-17-38)22-28-10-12-31-32(19-28)43-24-42-31/h2-10,12,18-20,29-30,33H,11,13-17,21-24H2,1H3/b34-20-. The minimum absolute atomic E-state index is 0.0379. The van der Waals surface area contributed by atoms with E-state index in [1.54, 1.807) is 11.8 Å². The zero-order chi connectivity index (χ0) is 30.0. The number of hydrogen-bond acceptors (Lipinski definition) is 6. The minimum Gasteiger partial charge on any atom is -0.454 e. The molecule has 7 rings (SSSR count). The molecular weight excluding hydrogens is 570 g/mol. The highest BCUT2D eigenvalue weighted by Crippen LogP contribution is 2.45. The van der Waals surface area contributed by atoms with Crippen LogP contribution in [-0.4, -0.2) is 70.8 Å². The number of carbonyl (C=O) groups is 2. The van der Waals surface area contributed by atoms with E-state index in [0.717, 1.165) is 79.5 Å². The fourth-order valence-electron chi connectivity index (χ4n) is 6.99. The van der Waals surface area contributed by atoms with E-state index in [0.29, 0.717) is 6.54 Å². The minimum atomic E-state index is -0.0512. The van der Waals surface area contributed by atoms with E-state index < -0.39 is 0 Å². The fourth-order valence-corrected chi connectivity index (χ4v) is 8.41. The molecule has 1 saturated carbocycles. The summed E-state index contributed by atoms with van der Waals surface area (Å²) >= 11 is 1.72. The van der Waals surface area contributed by atoms with Crippen LogP contribution >= 0.6 is 11.8 Å². The van der Waals surface area contributed by atoms with Gasteiger partial charge in [0.05, 0.1) is 4.91 Å². The number of rotatable bonds is 6. The molecule has 7 nitrogen and oxygen atoms in total. The largest absolute Gasteiger partial charge is 0.454 e. The molecule has 3 heterocycles. The topological polar surface area (TPSA) is 62.3 Å². The Morgan fingerprint density at radius 1 is 0.886 bits per heavy atom. The van der Waals surface area contributed by atoms with Gasteiger partial charge >= 0.3 is 0 Å². The monoisotopic (exact) mass is 609 g/mol. The number of amides is 2. The highest BCUT2D eigenvalue weighted by molar-refractivity contribution is 8.04. The number of fused-ring (bicyclic) bond motifs is 2. The zero-order valence-electron chi connectivity index (χ0n) is 25.2. The molecule has 228 valence electrons. The van der Waals surface area contributed by atoms with E-state index in [1.165, 1.54) is 11.1 Å². The summed E-state index contributed by atoms with van der Waals surface area (Å²) in [6.45, 7) is 6.93. The van der Waals surface area contributed by atoms with Gasteiger partial charge in [0.15, 0.2) is 11.5 Å². The van der Waals surface area contributed by atoms with Crippen LogP contribution in [0.4, 0.5) is 0 Å². The summed E-state index contributed by atoms with van der Waals surface area (Å²) in [5.74, 6) is 1.89. The van der Waals surface area contributed by atoms with Crippen LogP contribution in [0.25, 0.3) is 6.08 Å². The van der Waals surface area contributed by atoms with Gasteiger partial charge in [-0.2, -0.15) is 0 Å². The third-order valence-corrected chi connectivity index (χ3v) is 10.7. The lowest BCUT2D eigenvalue weighted by Gasteiger charge is -2.47. The van der Waals surface area contributed by atoms with E-state index in [-0.39, 0.29) is 35.8 Å². The van der Waals surface area contributed by atoms with Crippen molar-refractivity contribution in [1.29, 1.82) is 0 Å². The third-order valence-electron chi connectivity index (χ3n) is 9.31. The van der Waals surface area contributed by atoms with Crippen molar-refractivity contribution in [3.8, 4) is 11.5 Å². The summed E-state index contributed by atoms with van der Waals surface area (Å²) in [5, 5.41) is 0.287. The molecule has 3 aromatic carbocycles. The molecule has 3 aromatic rings. The fraction of sp³-hybridized carbons (Fsp3) is 0.389.